The van der Waals surface area contributed by atoms with Crippen LogP contribution >= 0.6 is 11.8 Å². The van der Waals surface area contributed by atoms with E-state index < -0.39 is 4.92 Å². The number of nitrogens with zero attached hydrogens (tertiary/aromatic N) is 3. The van der Waals surface area contributed by atoms with Crippen molar-refractivity contribution in [3.8, 4) is 0 Å². The molecule has 0 fully saturated rings. The van der Waals surface area contributed by atoms with Crippen LogP contribution in [0.25, 0.3) is 11.0 Å². The minimum atomic E-state index is -0.521. The molecule has 2 aromatic carbocycles. The average molecular weight is 386 g/mol. The number of hydrogen-bond donors (Lipinski definition) is 1. The van der Waals surface area contributed by atoms with Gasteiger partial charge in [0.25, 0.3) is 5.69 Å². The van der Waals surface area contributed by atoms with Crippen LogP contribution in [0, 0.1) is 10.1 Å². The maximum Gasteiger partial charge on any atom is 0.292 e. The fourth-order valence-corrected chi connectivity index (χ4v) is 3.46. The van der Waals surface area contributed by atoms with Crippen molar-refractivity contribution in [2.75, 3.05) is 24.8 Å². The Bertz CT molecular complexity index is 973. The Balaban J connectivity index is 1.73. The third kappa shape index (κ3) is 4.44. The van der Waals surface area contributed by atoms with Gasteiger partial charge in [-0.3, -0.25) is 14.9 Å². The lowest BCUT2D eigenvalue weighted by molar-refractivity contribution is -0.383. The van der Waals surface area contributed by atoms with E-state index in [2.05, 4.69) is 10.3 Å². The number of ether oxygens (including phenoxy) is 1. The molecule has 0 aliphatic heterocycles. The first-order valence-electron chi connectivity index (χ1n) is 8.20. The lowest BCUT2D eigenvalue weighted by Crippen LogP contribution is -2.16. The first-order chi connectivity index (χ1) is 13.1. The summed E-state index contributed by atoms with van der Waals surface area (Å²) in [7, 11) is 1.63. The monoisotopic (exact) mass is 386 g/mol. The zero-order valence-electron chi connectivity index (χ0n) is 14.6. The summed E-state index contributed by atoms with van der Waals surface area (Å²) in [4.78, 5) is 27.4. The number of fused-ring (bicyclic) bond motifs is 1. The van der Waals surface area contributed by atoms with Crippen molar-refractivity contribution in [2.45, 2.75) is 11.7 Å². The van der Waals surface area contributed by atoms with Gasteiger partial charge < -0.3 is 14.6 Å². The normalized spacial score (nSPS) is 10.9. The SMILES string of the molecule is COCCn1c(SCC(=O)Nc2ccccc2[N+](=O)[O-])nc2ccccc21. The minimum absolute atomic E-state index is 0.0857. The molecule has 0 aliphatic rings. The molecule has 3 aromatic rings. The second kappa shape index (κ2) is 8.65. The van der Waals surface area contributed by atoms with Crippen molar-refractivity contribution in [1.82, 2.24) is 9.55 Å². The number of rotatable bonds is 8. The summed E-state index contributed by atoms with van der Waals surface area (Å²) in [5.41, 5.74) is 1.86. The van der Waals surface area contributed by atoms with Crippen molar-refractivity contribution in [3.05, 3.63) is 58.6 Å². The number of benzene rings is 2. The molecule has 27 heavy (non-hydrogen) atoms. The fraction of sp³-hybridized carbons (Fsp3) is 0.222. The van der Waals surface area contributed by atoms with Gasteiger partial charge in [0.2, 0.25) is 5.91 Å². The number of methoxy groups -OCH3 is 1. The van der Waals surface area contributed by atoms with Crippen molar-refractivity contribution < 1.29 is 14.5 Å². The molecular formula is C18H18N4O4S. The van der Waals surface area contributed by atoms with E-state index in [0.717, 1.165) is 11.0 Å². The lowest BCUT2D eigenvalue weighted by atomic mass is 10.2. The minimum Gasteiger partial charge on any atom is -0.383 e. The number of aromatic nitrogens is 2. The number of imidazole rings is 1. The quantitative estimate of drug-likeness (QED) is 0.362. The van der Waals surface area contributed by atoms with Gasteiger partial charge in [-0.25, -0.2) is 4.98 Å². The number of nitro groups is 1. The molecule has 0 radical (unpaired) electrons. The largest absolute Gasteiger partial charge is 0.383 e. The molecule has 140 valence electrons. The topological polar surface area (TPSA) is 99.3 Å². The highest BCUT2D eigenvalue weighted by Crippen LogP contribution is 2.26. The van der Waals surface area contributed by atoms with Crippen LogP contribution < -0.4 is 5.32 Å². The molecular weight excluding hydrogens is 368 g/mol. The van der Waals surface area contributed by atoms with Gasteiger partial charge >= 0.3 is 0 Å². The standard InChI is InChI=1S/C18H18N4O4S/c1-26-11-10-21-15-8-4-2-6-13(15)20-18(21)27-12-17(23)19-14-7-3-5-9-16(14)22(24)25/h2-9H,10-12H2,1H3,(H,19,23). The summed E-state index contributed by atoms with van der Waals surface area (Å²) < 4.78 is 7.16. The molecule has 0 unspecified atom stereocenters. The predicted molar refractivity (Wildman–Crippen MR) is 104 cm³/mol. The zero-order chi connectivity index (χ0) is 19.2. The first-order valence-corrected chi connectivity index (χ1v) is 9.19. The lowest BCUT2D eigenvalue weighted by Gasteiger charge is -2.09. The highest BCUT2D eigenvalue weighted by Gasteiger charge is 2.16. The Morgan fingerprint density at radius 2 is 2.00 bits per heavy atom. The molecule has 9 heteroatoms. The number of para-hydroxylation sites is 4. The average Bonchev–Trinajstić information content (AvgIpc) is 3.02. The maximum absolute atomic E-state index is 12.3. The van der Waals surface area contributed by atoms with Crippen molar-refractivity contribution in [1.29, 1.82) is 0 Å². The Morgan fingerprint density at radius 1 is 1.26 bits per heavy atom. The van der Waals surface area contributed by atoms with E-state index >= 15 is 0 Å². The summed E-state index contributed by atoms with van der Waals surface area (Å²) >= 11 is 1.28. The van der Waals surface area contributed by atoms with Gasteiger partial charge in [-0.15, -0.1) is 0 Å². The number of nitrogens with one attached hydrogen (secondary N) is 1. The number of amides is 1. The first kappa shape index (κ1) is 18.9. The number of hydrogen-bond acceptors (Lipinski definition) is 6. The van der Waals surface area contributed by atoms with Crippen LogP contribution in [-0.2, 0) is 16.1 Å². The Morgan fingerprint density at radius 3 is 2.78 bits per heavy atom. The van der Waals surface area contributed by atoms with Gasteiger partial charge in [-0.1, -0.05) is 36.0 Å². The number of nitro benzene ring substituents is 1. The maximum atomic E-state index is 12.3. The van der Waals surface area contributed by atoms with Gasteiger partial charge in [0.05, 0.1) is 28.3 Å². The van der Waals surface area contributed by atoms with E-state index in [4.69, 9.17) is 4.74 Å². The van der Waals surface area contributed by atoms with E-state index in [1.54, 1.807) is 19.2 Å². The van der Waals surface area contributed by atoms with Crippen molar-refractivity contribution >= 4 is 40.1 Å². The number of anilines is 1. The smallest absolute Gasteiger partial charge is 0.292 e. The molecule has 3 rings (SSSR count). The van der Waals surface area contributed by atoms with Crippen molar-refractivity contribution in [3.63, 3.8) is 0 Å². The van der Waals surface area contributed by atoms with Crippen molar-refractivity contribution in [2.24, 2.45) is 0 Å². The van der Waals surface area contributed by atoms with Gasteiger partial charge in [-0.05, 0) is 18.2 Å². The Kier molecular flexibility index (Phi) is 6.05. The number of thioether (sulfide) groups is 1. The molecule has 8 nitrogen and oxygen atoms in total. The van der Waals surface area contributed by atoms with Crippen LogP contribution in [-0.4, -0.2) is 39.9 Å². The molecule has 1 amide bonds. The van der Waals surface area contributed by atoms with Gasteiger partial charge in [-0.2, -0.15) is 0 Å². The molecule has 1 N–H and O–H groups in total. The second-order valence-corrected chi connectivity index (χ2v) is 6.58. The van der Waals surface area contributed by atoms with Crippen LogP contribution in [0.3, 0.4) is 0 Å². The molecule has 0 saturated carbocycles. The highest BCUT2D eigenvalue weighted by atomic mass is 32.2. The fourth-order valence-electron chi connectivity index (χ4n) is 2.62. The highest BCUT2D eigenvalue weighted by molar-refractivity contribution is 7.99. The molecule has 0 atom stereocenters. The summed E-state index contributed by atoms with van der Waals surface area (Å²) in [6, 6.07) is 13.8. The summed E-state index contributed by atoms with van der Waals surface area (Å²) in [5, 5.41) is 14.3. The molecule has 1 heterocycles. The van der Waals surface area contributed by atoms with E-state index in [9.17, 15) is 14.9 Å². The molecule has 0 spiro atoms. The van der Waals surface area contributed by atoms with E-state index in [-0.39, 0.29) is 23.0 Å². The third-order valence-corrected chi connectivity index (χ3v) is 4.82. The van der Waals surface area contributed by atoms with E-state index in [1.165, 1.54) is 23.9 Å². The molecule has 0 saturated heterocycles. The van der Waals surface area contributed by atoms with Crippen LogP contribution in [0.4, 0.5) is 11.4 Å². The van der Waals surface area contributed by atoms with Crippen LogP contribution in [0.1, 0.15) is 0 Å². The van der Waals surface area contributed by atoms with Gasteiger partial charge in [0, 0.05) is 19.7 Å². The molecule has 1 aromatic heterocycles. The van der Waals surface area contributed by atoms with Gasteiger partial charge in [0.1, 0.15) is 5.69 Å². The summed E-state index contributed by atoms with van der Waals surface area (Å²) in [6.07, 6.45) is 0. The Hall–Kier alpha value is -2.91. The Labute approximate surface area is 159 Å². The van der Waals surface area contributed by atoms with E-state index in [1.807, 2.05) is 28.8 Å². The number of carbonyl (C=O) groups excluding carboxylic acids is 1. The van der Waals surface area contributed by atoms with E-state index in [0.29, 0.717) is 18.3 Å². The third-order valence-electron chi connectivity index (χ3n) is 3.85. The van der Waals surface area contributed by atoms with Gasteiger partial charge in [0.15, 0.2) is 5.16 Å². The molecule has 0 bridgehead atoms. The predicted octanol–water partition coefficient (Wildman–Crippen LogP) is 3.32. The zero-order valence-corrected chi connectivity index (χ0v) is 15.4. The summed E-state index contributed by atoms with van der Waals surface area (Å²) in [6.45, 7) is 1.14. The number of carbonyl (C=O) groups is 1. The molecule has 0 aliphatic carbocycles. The second-order valence-electron chi connectivity index (χ2n) is 5.64. The van der Waals surface area contributed by atoms with Crippen LogP contribution in [0.2, 0.25) is 0 Å². The summed E-state index contributed by atoms with van der Waals surface area (Å²) in [5.74, 6) is -0.248. The van der Waals surface area contributed by atoms with Crippen LogP contribution in [0.5, 0.6) is 0 Å². The van der Waals surface area contributed by atoms with Crippen LogP contribution in [0.15, 0.2) is 53.7 Å².